The van der Waals surface area contributed by atoms with E-state index in [1.807, 2.05) is 11.4 Å². The molecule has 0 aliphatic rings. The molecular weight excluding hydrogens is 302 g/mol. The Bertz CT molecular complexity index is 663. The largest absolute Gasteiger partial charge is 0.478 e. The van der Waals surface area contributed by atoms with Gasteiger partial charge in [-0.25, -0.2) is 4.79 Å². The lowest BCUT2D eigenvalue weighted by molar-refractivity contribution is 0.0695. The van der Waals surface area contributed by atoms with E-state index < -0.39 is 5.97 Å². The number of carbonyl (C=O) groups excluding carboxylic acids is 1. The van der Waals surface area contributed by atoms with Crippen molar-refractivity contribution in [2.75, 3.05) is 14.2 Å². The van der Waals surface area contributed by atoms with Crippen LogP contribution in [0.5, 0.6) is 0 Å². The third-order valence-corrected chi connectivity index (χ3v) is 4.11. The summed E-state index contributed by atoms with van der Waals surface area (Å²) in [5.41, 5.74) is 2.10. The van der Waals surface area contributed by atoms with Gasteiger partial charge in [0.15, 0.2) is 0 Å². The van der Waals surface area contributed by atoms with E-state index in [0.29, 0.717) is 18.0 Å². The van der Waals surface area contributed by atoms with Crippen molar-refractivity contribution in [3.63, 3.8) is 0 Å². The maximum atomic E-state index is 12.3. The Hall–Kier alpha value is -2.18. The van der Waals surface area contributed by atoms with Crippen molar-refractivity contribution in [2.45, 2.75) is 13.2 Å². The summed E-state index contributed by atoms with van der Waals surface area (Å²) >= 11 is 1.39. The number of ether oxygens (including phenoxy) is 1. The molecule has 0 saturated heterocycles. The van der Waals surface area contributed by atoms with E-state index in [-0.39, 0.29) is 11.5 Å². The van der Waals surface area contributed by atoms with Crippen LogP contribution in [0.2, 0.25) is 0 Å². The topological polar surface area (TPSA) is 66.8 Å². The minimum Gasteiger partial charge on any atom is -0.478 e. The highest BCUT2D eigenvalue weighted by Crippen LogP contribution is 2.18. The molecule has 0 atom stereocenters. The molecule has 1 aromatic carbocycles. The molecule has 2 aromatic rings. The SMILES string of the molecule is COCc1csc(C(=O)N(C)Cc2ccc(C(=O)O)cc2)c1. The fraction of sp³-hybridized carbons (Fsp3) is 0.250. The lowest BCUT2D eigenvalue weighted by Crippen LogP contribution is -2.25. The van der Waals surface area contributed by atoms with Crippen LogP contribution >= 0.6 is 11.3 Å². The van der Waals surface area contributed by atoms with Gasteiger partial charge < -0.3 is 14.7 Å². The Morgan fingerprint density at radius 2 is 1.91 bits per heavy atom. The minimum atomic E-state index is -0.958. The molecule has 116 valence electrons. The first-order valence-electron chi connectivity index (χ1n) is 6.65. The summed E-state index contributed by atoms with van der Waals surface area (Å²) in [6.07, 6.45) is 0. The molecule has 0 fully saturated rings. The number of benzene rings is 1. The van der Waals surface area contributed by atoms with Gasteiger partial charge in [-0.3, -0.25) is 4.79 Å². The summed E-state index contributed by atoms with van der Waals surface area (Å²) in [6.45, 7) is 0.917. The van der Waals surface area contributed by atoms with Crippen LogP contribution < -0.4 is 0 Å². The predicted molar refractivity (Wildman–Crippen MR) is 84.2 cm³/mol. The number of nitrogens with zero attached hydrogens (tertiary/aromatic N) is 1. The number of carbonyl (C=O) groups is 2. The smallest absolute Gasteiger partial charge is 0.335 e. The van der Waals surface area contributed by atoms with E-state index in [4.69, 9.17) is 9.84 Å². The number of aromatic carboxylic acids is 1. The number of carboxylic acids is 1. The quantitative estimate of drug-likeness (QED) is 0.889. The molecule has 2 rings (SSSR count). The van der Waals surface area contributed by atoms with E-state index >= 15 is 0 Å². The molecular formula is C16H17NO4S. The molecule has 0 bridgehead atoms. The van der Waals surface area contributed by atoms with Crippen molar-refractivity contribution in [2.24, 2.45) is 0 Å². The average Bonchev–Trinajstić information content (AvgIpc) is 2.96. The second kappa shape index (κ2) is 7.20. The lowest BCUT2D eigenvalue weighted by atomic mass is 10.1. The van der Waals surface area contributed by atoms with Crippen molar-refractivity contribution in [3.05, 3.63) is 57.3 Å². The summed E-state index contributed by atoms with van der Waals surface area (Å²) < 4.78 is 5.04. The Morgan fingerprint density at radius 3 is 2.50 bits per heavy atom. The number of amides is 1. The van der Waals surface area contributed by atoms with E-state index in [9.17, 15) is 9.59 Å². The van der Waals surface area contributed by atoms with Gasteiger partial charge in [0.05, 0.1) is 17.0 Å². The van der Waals surface area contributed by atoms with Crippen LogP contribution in [-0.2, 0) is 17.9 Å². The summed E-state index contributed by atoms with van der Waals surface area (Å²) in [5.74, 6) is -1.02. The van der Waals surface area contributed by atoms with E-state index in [0.717, 1.165) is 11.1 Å². The number of carboxylic acid groups (broad SMARTS) is 1. The molecule has 1 amide bonds. The van der Waals surface area contributed by atoms with Crippen LogP contribution in [0.3, 0.4) is 0 Å². The number of hydrogen-bond donors (Lipinski definition) is 1. The van der Waals surface area contributed by atoms with Gasteiger partial charge in [0.2, 0.25) is 0 Å². The highest BCUT2D eigenvalue weighted by molar-refractivity contribution is 7.12. The van der Waals surface area contributed by atoms with Crippen LogP contribution in [0.25, 0.3) is 0 Å². The molecule has 0 unspecified atom stereocenters. The van der Waals surface area contributed by atoms with Gasteiger partial charge in [0.1, 0.15) is 0 Å². The number of rotatable bonds is 6. The first-order valence-corrected chi connectivity index (χ1v) is 7.53. The third-order valence-electron chi connectivity index (χ3n) is 3.14. The summed E-state index contributed by atoms with van der Waals surface area (Å²) in [6, 6.07) is 8.35. The molecule has 0 aliphatic carbocycles. The molecule has 1 N–H and O–H groups in total. The zero-order valence-corrected chi connectivity index (χ0v) is 13.2. The van der Waals surface area contributed by atoms with Gasteiger partial charge in [-0.1, -0.05) is 12.1 Å². The number of hydrogen-bond acceptors (Lipinski definition) is 4. The third kappa shape index (κ3) is 3.93. The van der Waals surface area contributed by atoms with Crippen LogP contribution in [-0.4, -0.2) is 36.0 Å². The first-order chi connectivity index (χ1) is 10.5. The Morgan fingerprint density at radius 1 is 1.23 bits per heavy atom. The van der Waals surface area contributed by atoms with Gasteiger partial charge >= 0.3 is 5.97 Å². The standard InChI is InChI=1S/C16H17NO4S/c1-17(8-11-3-5-13(6-4-11)16(19)20)15(18)14-7-12(9-21-2)10-22-14/h3-7,10H,8-9H2,1-2H3,(H,19,20). The van der Waals surface area contributed by atoms with Crippen molar-refractivity contribution >= 4 is 23.2 Å². The fourth-order valence-electron chi connectivity index (χ4n) is 2.02. The summed E-state index contributed by atoms with van der Waals surface area (Å²) in [5, 5.41) is 10.8. The van der Waals surface area contributed by atoms with E-state index in [2.05, 4.69) is 0 Å². The normalized spacial score (nSPS) is 10.5. The van der Waals surface area contributed by atoms with Crippen molar-refractivity contribution in [1.29, 1.82) is 0 Å². The first kappa shape index (κ1) is 16.2. The summed E-state index contributed by atoms with van der Waals surface area (Å²) in [7, 11) is 3.34. The molecule has 0 spiro atoms. The molecule has 5 nitrogen and oxygen atoms in total. The molecule has 0 aliphatic heterocycles. The van der Waals surface area contributed by atoms with Crippen molar-refractivity contribution in [3.8, 4) is 0 Å². The maximum absolute atomic E-state index is 12.3. The second-order valence-electron chi connectivity index (χ2n) is 4.92. The Balaban J connectivity index is 2.02. The van der Waals surface area contributed by atoms with Crippen LogP contribution in [0.4, 0.5) is 0 Å². The van der Waals surface area contributed by atoms with Crippen LogP contribution in [0.15, 0.2) is 35.7 Å². The molecule has 0 saturated carbocycles. The predicted octanol–water partition coefficient (Wildman–Crippen LogP) is 2.86. The zero-order valence-electron chi connectivity index (χ0n) is 12.4. The van der Waals surface area contributed by atoms with Crippen molar-refractivity contribution < 1.29 is 19.4 Å². The Labute approximate surface area is 132 Å². The van der Waals surface area contributed by atoms with Gasteiger partial charge in [0, 0.05) is 20.7 Å². The Kier molecular flexibility index (Phi) is 5.30. The minimum absolute atomic E-state index is 0.0605. The molecule has 6 heteroatoms. The molecule has 22 heavy (non-hydrogen) atoms. The lowest BCUT2D eigenvalue weighted by Gasteiger charge is -2.16. The number of thiophene rings is 1. The average molecular weight is 319 g/mol. The van der Waals surface area contributed by atoms with Gasteiger partial charge in [0.25, 0.3) is 5.91 Å². The highest BCUT2D eigenvalue weighted by atomic mass is 32.1. The molecule has 0 radical (unpaired) electrons. The zero-order chi connectivity index (χ0) is 16.1. The van der Waals surface area contributed by atoms with E-state index in [1.165, 1.54) is 23.5 Å². The summed E-state index contributed by atoms with van der Waals surface area (Å²) in [4.78, 5) is 25.4. The van der Waals surface area contributed by atoms with Gasteiger partial charge in [-0.05, 0) is 34.7 Å². The second-order valence-corrected chi connectivity index (χ2v) is 5.83. The molecule has 1 heterocycles. The van der Waals surface area contributed by atoms with Gasteiger partial charge in [-0.15, -0.1) is 11.3 Å². The highest BCUT2D eigenvalue weighted by Gasteiger charge is 2.14. The molecule has 1 aromatic heterocycles. The maximum Gasteiger partial charge on any atom is 0.335 e. The van der Waals surface area contributed by atoms with Gasteiger partial charge in [-0.2, -0.15) is 0 Å². The van der Waals surface area contributed by atoms with Crippen LogP contribution in [0, 0.1) is 0 Å². The monoisotopic (exact) mass is 319 g/mol. The van der Waals surface area contributed by atoms with Crippen LogP contribution in [0.1, 0.15) is 31.2 Å². The number of methoxy groups -OCH3 is 1. The fourth-order valence-corrected chi connectivity index (χ4v) is 2.91. The van der Waals surface area contributed by atoms with E-state index in [1.54, 1.807) is 31.2 Å². The van der Waals surface area contributed by atoms with Crippen molar-refractivity contribution in [1.82, 2.24) is 4.90 Å².